The summed E-state index contributed by atoms with van der Waals surface area (Å²) in [5.41, 5.74) is 2.90. The van der Waals surface area contributed by atoms with Gasteiger partial charge in [0.1, 0.15) is 5.75 Å². The summed E-state index contributed by atoms with van der Waals surface area (Å²) >= 11 is 0. The Labute approximate surface area is 151 Å². The molecular formula is C20H21N3O3. The first-order chi connectivity index (χ1) is 12.7. The van der Waals surface area contributed by atoms with Crippen LogP contribution >= 0.6 is 0 Å². The van der Waals surface area contributed by atoms with E-state index in [1.165, 1.54) is 0 Å². The highest BCUT2D eigenvalue weighted by Gasteiger charge is 2.47. The molecule has 134 valence electrons. The van der Waals surface area contributed by atoms with Crippen molar-refractivity contribution in [1.29, 1.82) is 0 Å². The first-order valence-electron chi connectivity index (χ1n) is 8.82. The Morgan fingerprint density at radius 1 is 1.27 bits per heavy atom. The second-order valence-electron chi connectivity index (χ2n) is 6.47. The Hall–Kier alpha value is -2.89. The fourth-order valence-corrected chi connectivity index (χ4v) is 3.33. The van der Waals surface area contributed by atoms with Crippen LogP contribution in [0, 0.1) is 5.92 Å². The Balaban J connectivity index is 1.63. The standard InChI is InChI=1S/C20H21N3O3/c1-3-26-20(24)17-11-16(17)18-15-5-4-10-21-19(15)23(22-18)12-13-6-8-14(25-2)9-7-13/h4-10,16-17H,3,11-12H2,1-2H3. The molecule has 2 aromatic heterocycles. The molecule has 0 amide bonds. The predicted molar refractivity (Wildman–Crippen MR) is 97.1 cm³/mol. The third-order valence-electron chi connectivity index (χ3n) is 4.76. The fourth-order valence-electron chi connectivity index (χ4n) is 3.33. The number of pyridine rings is 1. The quantitative estimate of drug-likeness (QED) is 0.638. The van der Waals surface area contributed by atoms with Gasteiger partial charge in [0.05, 0.1) is 31.9 Å². The van der Waals surface area contributed by atoms with Crippen LogP contribution < -0.4 is 4.74 Å². The summed E-state index contributed by atoms with van der Waals surface area (Å²) in [6.07, 6.45) is 2.57. The molecule has 1 aliphatic carbocycles. The zero-order chi connectivity index (χ0) is 18.1. The number of nitrogens with zero attached hydrogens (tertiary/aromatic N) is 3. The number of hydrogen-bond donors (Lipinski definition) is 0. The van der Waals surface area contributed by atoms with Crippen molar-refractivity contribution in [3.05, 3.63) is 53.9 Å². The van der Waals surface area contributed by atoms with Crippen LogP contribution in [0.3, 0.4) is 0 Å². The largest absolute Gasteiger partial charge is 0.497 e. The number of esters is 1. The van der Waals surface area contributed by atoms with E-state index in [2.05, 4.69) is 4.98 Å². The number of methoxy groups -OCH3 is 1. The van der Waals surface area contributed by atoms with Crippen molar-refractivity contribution in [1.82, 2.24) is 14.8 Å². The zero-order valence-electron chi connectivity index (χ0n) is 14.9. The molecule has 1 fully saturated rings. The van der Waals surface area contributed by atoms with Crippen LogP contribution in [-0.2, 0) is 16.1 Å². The highest BCUT2D eigenvalue weighted by atomic mass is 16.5. The topological polar surface area (TPSA) is 66.2 Å². The lowest BCUT2D eigenvalue weighted by Gasteiger charge is -2.04. The van der Waals surface area contributed by atoms with Gasteiger partial charge in [-0.25, -0.2) is 9.67 Å². The number of rotatable bonds is 6. The van der Waals surface area contributed by atoms with Gasteiger partial charge in [-0.15, -0.1) is 0 Å². The van der Waals surface area contributed by atoms with Gasteiger partial charge in [-0.1, -0.05) is 12.1 Å². The lowest BCUT2D eigenvalue weighted by atomic mass is 10.1. The van der Waals surface area contributed by atoms with Gasteiger partial charge in [0.25, 0.3) is 0 Å². The van der Waals surface area contributed by atoms with Gasteiger partial charge in [0.2, 0.25) is 0 Å². The van der Waals surface area contributed by atoms with E-state index >= 15 is 0 Å². The minimum Gasteiger partial charge on any atom is -0.497 e. The number of carbonyl (C=O) groups excluding carboxylic acids is 1. The maximum absolute atomic E-state index is 12.0. The Morgan fingerprint density at radius 2 is 2.08 bits per heavy atom. The molecule has 0 saturated heterocycles. The second-order valence-corrected chi connectivity index (χ2v) is 6.47. The average molecular weight is 351 g/mol. The minimum atomic E-state index is -0.126. The van der Waals surface area contributed by atoms with E-state index in [0.29, 0.717) is 13.2 Å². The molecule has 1 saturated carbocycles. The van der Waals surface area contributed by atoms with E-state index in [9.17, 15) is 4.79 Å². The van der Waals surface area contributed by atoms with Crippen LogP contribution in [-0.4, -0.2) is 34.5 Å². The van der Waals surface area contributed by atoms with Gasteiger partial charge in [0.15, 0.2) is 5.65 Å². The summed E-state index contributed by atoms with van der Waals surface area (Å²) in [5.74, 6) is 0.743. The Morgan fingerprint density at radius 3 is 2.81 bits per heavy atom. The molecule has 3 aromatic rings. The molecule has 6 nitrogen and oxygen atoms in total. The SMILES string of the molecule is CCOC(=O)C1CC1c1nn(Cc2ccc(OC)cc2)c2ncccc12. The molecule has 0 radical (unpaired) electrons. The van der Waals surface area contributed by atoms with Crippen molar-refractivity contribution in [3.8, 4) is 5.75 Å². The van der Waals surface area contributed by atoms with Crippen molar-refractivity contribution in [2.45, 2.75) is 25.8 Å². The van der Waals surface area contributed by atoms with E-state index < -0.39 is 0 Å². The molecule has 0 N–H and O–H groups in total. The van der Waals surface area contributed by atoms with Crippen molar-refractivity contribution >= 4 is 17.0 Å². The van der Waals surface area contributed by atoms with Crippen LogP contribution in [0.2, 0.25) is 0 Å². The van der Waals surface area contributed by atoms with Crippen molar-refractivity contribution in [2.24, 2.45) is 5.92 Å². The van der Waals surface area contributed by atoms with E-state index in [-0.39, 0.29) is 17.8 Å². The number of fused-ring (bicyclic) bond motifs is 1. The fraction of sp³-hybridized carbons (Fsp3) is 0.350. The van der Waals surface area contributed by atoms with Crippen LogP contribution in [0.25, 0.3) is 11.0 Å². The van der Waals surface area contributed by atoms with Gasteiger partial charge in [0, 0.05) is 17.5 Å². The monoisotopic (exact) mass is 351 g/mol. The summed E-state index contributed by atoms with van der Waals surface area (Å²) in [6, 6.07) is 11.9. The van der Waals surface area contributed by atoms with Crippen LogP contribution in [0.5, 0.6) is 5.75 Å². The van der Waals surface area contributed by atoms with Gasteiger partial charge in [-0.2, -0.15) is 5.10 Å². The highest BCUT2D eigenvalue weighted by Crippen LogP contribution is 2.49. The number of hydrogen-bond acceptors (Lipinski definition) is 5. The summed E-state index contributed by atoms with van der Waals surface area (Å²) in [6.45, 7) is 2.86. The van der Waals surface area contributed by atoms with Gasteiger partial charge < -0.3 is 9.47 Å². The molecule has 4 rings (SSSR count). The first kappa shape index (κ1) is 16.6. The summed E-state index contributed by atoms with van der Waals surface area (Å²) < 4.78 is 12.3. The number of carbonyl (C=O) groups is 1. The molecule has 0 aliphatic heterocycles. The van der Waals surface area contributed by atoms with E-state index in [1.54, 1.807) is 13.3 Å². The molecule has 6 heteroatoms. The van der Waals surface area contributed by atoms with Crippen LogP contribution in [0.4, 0.5) is 0 Å². The molecule has 2 unspecified atom stereocenters. The number of benzene rings is 1. The normalized spacial score (nSPS) is 18.7. The van der Waals surface area contributed by atoms with E-state index in [1.807, 2.05) is 48.0 Å². The first-order valence-corrected chi connectivity index (χ1v) is 8.82. The van der Waals surface area contributed by atoms with Gasteiger partial charge in [-0.05, 0) is 43.2 Å². The molecule has 2 atom stereocenters. The summed E-state index contributed by atoms with van der Waals surface area (Å²) in [7, 11) is 1.65. The van der Waals surface area contributed by atoms with Crippen molar-refractivity contribution in [2.75, 3.05) is 13.7 Å². The molecule has 0 spiro atoms. The van der Waals surface area contributed by atoms with Gasteiger partial charge in [-0.3, -0.25) is 4.79 Å². The highest BCUT2D eigenvalue weighted by molar-refractivity contribution is 5.83. The van der Waals surface area contributed by atoms with E-state index in [4.69, 9.17) is 14.6 Å². The van der Waals surface area contributed by atoms with Crippen molar-refractivity contribution in [3.63, 3.8) is 0 Å². The third-order valence-corrected chi connectivity index (χ3v) is 4.76. The Bertz CT molecular complexity index is 933. The predicted octanol–water partition coefficient (Wildman–Crippen LogP) is 3.15. The zero-order valence-corrected chi connectivity index (χ0v) is 14.9. The molecule has 0 bridgehead atoms. The number of aromatic nitrogens is 3. The summed E-state index contributed by atoms with van der Waals surface area (Å²) in [4.78, 5) is 16.5. The smallest absolute Gasteiger partial charge is 0.309 e. The molecule has 1 aromatic carbocycles. The lowest BCUT2D eigenvalue weighted by Crippen LogP contribution is -2.07. The molecular weight excluding hydrogens is 330 g/mol. The summed E-state index contributed by atoms with van der Waals surface area (Å²) in [5, 5.41) is 5.81. The van der Waals surface area contributed by atoms with Gasteiger partial charge >= 0.3 is 5.97 Å². The van der Waals surface area contributed by atoms with Crippen molar-refractivity contribution < 1.29 is 14.3 Å². The minimum absolute atomic E-state index is 0.0808. The molecule has 1 aliphatic rings. The number of ether oxygens (including phenoxy) is 2. The van der Waals surface area contributed by atoms with Crippen LogP contribution in [0.1, 0.15) is 30.5 Å². The molecule has 26 heavy (non-hydrogen) atoms. The second kappa shape index (κ2) is 6.78. The average Bonchev–Trinajstić information content (AvgIpc) is 3.39. The third kappa shape index (κ3) is 3.03. The van der Waals surface area contributed by atoms with Crippen LogP contribution in [0.15, 0.2) is 42.6 Å². The lowest BCUT2D eigenvalue weighted by molar-refractivity contribution is -0.144. The Kier molecular flexibility index (Phi) is 4.32. The maximum Gasteiger partial charge on any atom is 0.309 e. The molecule has 2 heterocycles. The van der Waals surface area contributed by atoms with E-state index in [0.717, 1.165) is 34.5 Å². The maximum atomic E-state index is 12.0.